The molecule has 0 amide bonds. The highest BCUT2D eigenvalue weighted by Gasteiger charge is 2.17. The van der Waals surface area contributed by atoms with Crippen LogP contribution in [-0.2, 0) is 19.1 Å². The van der Waals surface area contributed by atoms with E-state index in [0.29, 0.717) is 32.3 Å². The van der Waals surface area contributed by atoms with Crippen LogP contribution in [-0.4, -0.2) is 24.6 Å². The Morgan fingerprint density at radius 3 is 2.24 bits per heavy atom. The smallest absolute Gasteiger partial charge is 0.306 e. The quantitative estimate of drug-likeness (QED) is 0.449. The predicted octanol–water partition coefficient (Wildman–Crippen LogP) is 4.16. The molecule has 0 N–H and O–H groups in total. The molecule has 0 atom stereocenters. The van der Waals surface area contributed by atoms with Crippen molar-refractivity contribution in [2.24, 2.45) is 0 Å². The van der Waals surface area contributed by atoms with Crippen LogP contribution in [0.3, 0.4) is 0 Å². The van der Waals surface area contributed by atoms with Gasteiger partial charge in [0.2, 0.25) is 0 Å². The number of carbonyl (C=O) groups is 2. The topological polar surface area (TPSA) is 52.6 Å². The summed E-state index contributed by atoms with van der Waals surface area (Å²) in [5.74, 6) is -0.259. The largest absolute Gasteiger partial charge is 0.466 e. The van der Waals surface area contributed by atoms with Crippen LogP contribution >= 0.6 is 0 Å². The first-order valence-electron chi connectivity index (χ1n) is 8.57. The molecule has 0 saturated heterocycles. The van der Waals surface area contributed by atoms with Crippen LogP contribution < -0.4 is 0 Å². The van der Waals surface area contributed by atoms with Crippen LogP contribution in [0.25, 0.3) is 0 Å². The van der Waals surface area contributed by atoms with Crippen molar-refractivity contribution in [1.82, 2.24) is 0 Å². The molecule has 122 valence electrons. The van der Waals surface area contributed by atoms with Crippen molar-refractivity contribution in [1.29, 1.82) is 0 Å². The minimum absolute atomic E-state index is 0.113. The van der Waals surface area contributed by atoms with Crippen LogP contribution in [0, 0.1) is 0 Å². The third-order valence-corrected chi connectivity index (χ3v) is 3.87. The second kappa shape index (κ2) is 11.6. The van der Waals surface area contributed by atoms with E-state index in [2.05, 4.69) is 6.92 Å². The lowest BCUT2D eigenvalue weighted by Gasteiger charge is -2.21. The van der Waals surface area contributed by atoms with E-state index in [9.17, 15) is 9.59 Å². The maximum absolute atomic E-state index is 11.7. The average molecular weight is 298 g/mol. The molecule has 0 aromatic heterocycles. The van der Waals surface area contributed by atoms with Crippen molar-refractivity contribution in [3.05, 3.63) is 0 Å². The Kier molecular flexibility index (Phi) is 9.92. The lowest BCUT2D eigenvalue weighted by atomic mass is 9.98. The molecule has 0 radical (unpaired) electrons. The number of hydrogen-bond donors (Lipinski definition) is 0. The molecular formula is C17H30O4. The Morgan fingerprint density at radius 1 is 0.905 bits per heavy atom. The monoisotopic (exact) mass is 298 g/mol. The molecule has 1 saturated carbocycles. The summed E-state index contributed by atoms with van der Waals surface area (Å²) in [6.45, 7) is 2.64. The molecule has 0 unspecified atom stereocenters. The van der Waals surface area contributed by atoms with E-state index in [1.807, 2.05) is 0 Å². The molecule has 0 heterocycles. The van der Waals surface area contributed by atoms with Crippen molar-refractivity contribution in [3.8, 4) is 0 Å². The Hall–Kier alpha value is -1.06. The molecule has 1 aliphatic rings. The van der Waals surface area contributed by atoms with Gasteiger partial charge >= 0.3 is 11.9 Å². The molecule has 21 heavy (non-hydrogen) atoms. The molecule has 4 nitrogen and oxygen atoms in total. The van der Waals surface area contributed by atoms with Crippen LogP contribution in [0.1, 0.15) is 84.0 Å². The number of rotatable bonds is 10. The van der Waals surface area contributed by atoms with E-state index in [1.165, 1.54) is 19.3 Å². The van der Waals surface area contributed by atoms with Gasteiger partial charge in [-0.15, -0.1) is 0 Å². The highest BCUT2D eigenvalue weighted by atomic mass is 16.5. The number of hydrogen-bond acceptors (Lipinski definition) is 4. The summed E-state index contributed by atoms with van der Waals surface area (Å²) in [5, 5.41) is 0. The van der Waals surface area contributed by atoms with Gasteiger partial charge in [0.05, 0.1) is 6.61 Å². The molecule has 1 fully saturated rings. The van der Waals surface area contributed by atoms with Gasteiger partial charge in [0.25, 0.3) is 0 Å². The Balaban J connectivity index is 1.95. The first-order chi connectivity index (χ1) is 10.2. The lowest BCUT2D eigenvalue weighted by Crippen LogP contribution is -2.20. The highest BCUT2D eigenvalue weighted by Crippen LogP contribution is 2.21. The van der Waals surface area contributed by atoms with Gasteiger partial charge in [0.1, 0.15) is 6.10 Å². The zero-order valence-electron chi connectivity index (χ0n) is 13.4. The summed E-state index contributed by atoms with van der Waals surface area (Å²) in [6.07, 6.45) is 11.1. The molecule has 0 spiro atoms. The van der Waals surface area contributed by atoms with Gasteiger partial charge in [-0.25, -0.2) is 0 Å². The van der Waals surface area contributed by atoms with Crippen LogP contribution in [0.15, 0.2) is 0 Å². The van der Waals surface area contributed by atoms with E-state index in [-0.39, 0.29) is 18.0 Å². The fourth-order valence-electron chi connectivity index (χ4n) is 2.58. The number of unbranched alkanes of at least 4 members (excludes halogenated alkanes) is 3. The molecule has 4 heteroatoms. The number of carbonyl (C=O) groups excluding carboxylic acids is 2. The van der Waals surface area contributed by atoms with Crippen molar-refractivity contribution in [2.75, 3.05) is 6.61 Å². The molecule has 0 aromatic carbocycles. The first-order valence-corrected chi connectivity index (χ1v) is 8.57. The number of ether oxygens (including phenoxy) is 2. The summed E-state index contributed by atoms with van der Waals surface area (Å²) in [6, 6.07) is 0. The van der Waals surface area contributed by atoms with Gasteiger partial charge < -0.3 is 9.47 Å². The fraction of sp³-hybridized carbons (Fsp3) is 0.882. The Bertz CT molecular complexity index is 295. The lowest BCUT2D eigenvalue weighted by molar-refractivity contribution is -0.151. The summed E-state index contributed by atoms with van der Waals surface area (Å²) in [4.78, 5) is 23.1. The molecule has 0 aliphatic heterocycles. The summed E-state index contributed by atoms with van der Waals surface area (Å²) >= 11 is 0. The third kappa shape index (κ3) is 9.48. The molecular weight excluding hydrogens is 268 g/mol. The van der Waals surface area contributed by atoms with Crippen molar-refractivity contribution in [3.63, 3.8) is 0 Å². The summed E-state index contributed by atoms with van der Waals surface area (Å²) in [7, 11) is 0. The molecule has 1 aliphatic carbocycles. The Labute approximate surface area is 128 Å². The van der Waals surface area contributed by atoms with Crippen molar-refractivity contribution in [2.45, 2.75) is 90.1 Å². The average Bonchev–Trinajstić information content (AvgIpc) is 2.49. The molecule has 1 rings (SSSR count). The maximum Gasteiger partial charge on any atom is 0.306 e. The minimum Gasteiger partial charge on any atom is -0.466 e. The molecule has 0 bridgehead atoms. The van der Waals surface area contributed by atoms with Crippen LogP contribution in [0.4, 0.5) is 0 Å². The number of esters is 2. The van der Waals surface area contributed by atoms with Crippen LogP contribution in [0.5, 0.6) is 0 Å². The van der Waals surface area contributed by atoms with Crippen molar-refractivity contribution >= 4 is 11.9 Å². The normalized spacial score (nSPS) is 15.7. The van der Waals surface area contributed by atoms with E-state index in [0.717, 1.165) is 32.1 Å². The van der Waals surface area contributed by atoms with Crippen LogP contribution in [0.2, 0.25) is 0 Å². The van der Waals surface area contributed by atoms with E-state index in [4.69, 9.17) is 9.47 Å². The zero-order chi connectivity index (χ0) is 15.3. The third-order valence-electron chi connectivity index (χ3n) is 3.87. The van der Waals surface area contributed by atoms with Gasteiger partial charge in [-0.05, 0) is 44.9 Å². The maximum atomic E-state index is 11.7. The minimum atomic E-state index is -0.147. The highest BCUT2D eigenvalue weighted by molar-refractivity contribution is 5.70. The predicted molar refractivity (Wildman–Crippen MR) is 81.9 cm³/mol. The second-order valence-corrected chi connectivity index (χ2v) is 5.88. The van der Waals surface area contributed by atoms with Gasteiger partial charge in [-0.2, -0.15) is 0 Å². The zero-order valence-corrected chi connectivity index (χ0v) is 13.4. The van der Waals surface area contributed by atoms with Gasteiger partial charge in [-0.3, -0.25) is 9.59 Å². The fourth-order valence-corrected chi connectivity index (χ4v) is 2.58. The van der Waals surface area contributed by atoms with Gasteiger partial charge in [0, 0.05) is 12.8 Å². The van der Waals surface area contributed by atoms with Gasteiger partial charge in [-0.1, -0.05) is 26.2 Å². The first kappa shape index (κ1) is 18.0. The van der Waals surface area contributed by atoms with E-state index < -0.39 is 0 Å². The standard InChI is InChI=1S/C17H30O4/c1-2-3-9-14-20-16(18)12-7-8-13-17(19)21-15-10-5-4-6-11-15/h15H,2-14H2,1H3. The van der Waals surface area contributed by atoms with E-state index >= 15 is 0 Å². The van der Waals surface area contributed by atoms with Gasteiger partial charge in [0.15, 0.2) is 0 Å². The van der Waals surface area contributed by atoms with E-state index in [1.54, 1.807) is 0 Å². The summed E-state index contributed by atoms with van der Waals surface area (Å²) in [5.41, 5.74) is 0. The summed E-state index contributed by atoms with van der Waals surface area (Å²) < 4.78 is 10.6. The Morgan fingerprint density at radius 2 is 1.57 bits per heavy atom. The van der Waals surface area contributed by atoms with Crippen molar-refractivity contribution < 1.29 is 19.1 Å². The SMILES string of the molecule is CCCCCOC(=O)CCCCC(=O)OC1CCCCC1. The molecule has 0 aromatic rings. The second-order valence-electron chi connectivity index (χ2n) is 5.88.